The fraction of sp³-hybridized carbons (Fsp3) is 0.481. The Morgan fingerprint density at radius 2 is 2.00 bits per heavy atom. The molecular formula is C27H34N4O2. The van der Waals surface area contributed by atoms with Crippen LogP contribution in [0.5, 0.6) is 5.75 Å². The maximum absolute atomic E-state index is 12.8. The van der Waals surface area contributed by atoms with Crippen molar-refractivity contribution in [2.75, 3.05) is 26.7 Å². The Balaban J connectivity index is 1.07. The third kappa shape index (κ3) is 4.91. The Bertz CT molecular complexity index is 1100. The van der Waals surface area contributed by atoms with Crippen LogP contribution < -0.4 is 10.1 Å². The number of hydrogen-bond acceptors (Lipinski definition) is 4. The summed E-state index contributed by atoms with van der Waals surface area (Å²) < 4.78 is 5.59. The van der Waals surface area contributed by atoms with Crippen LogP contribution in [0.1, 0.15) is 53.6 Å². The van der Waals surface area contributed by atoms with E-state index in [1.165, 1.54) is 36.9 Å². The Hall–Kier alpha value is -2.86. The van der Waals surface area contributed by atoms with Gasteiger partial charge in [0, 0.05) is 36.9 Å². The molecule has 2 N–H and O–H groups in total. The Morgan fingerprint density at radius 3 is 2.85 bits per heavy atom. The number of ether oxygens (including phenoxy) is 1. The first-order valence-corrected chi connectivity index (χ1v) is 12.3. The lowest BCUT2D eigenvalue weighted by molar-refractivity contribution is 0.0921. The van der Waals surface area contributed by atoms with E-state index in [4.69, 9.17) is 4.74 Å². The average Bonchev–Trinajstić information content (AvgIpc) is 3.17. The molecule has 0 atom stereocenters. The van der Waals surface area contributed by atoms with Crippen molar-refractivity contribution < 1.29 is 9.53 Å². The summed E-state index contributed by atoms with van der Waals surface area (Å²) in [6.07, 6.45) is 11.5. The second-order valence-corrected chi connectivity index (χ2v) is 9.52. The van der Waals surface area contributed by atoms with Crippen LogP contribution in [0.3, 0.4) is 0 Å². The molecule has 174 valence electrons. The zero-order valence-corrected chi connectivity index (χ0v) is 19.5. The molecule has 1 aromatic carbocycles. The van der Waals surface area contributed by atoms with Gasteiger partial charge < -0.3 is 19.9 Å². The fourth-order valence-electron chi connectivity index (χ4n) is 5.57. The van der Waals surface area contributed by atoms with Crippen LogP contribution in [-0.2, 0) is 12.8 Å². The Morgan fingerprint density at radius 1 is 1.15 bits per heavy atom. The minimum Gasteiger partial charge on any atom is -0.496 e. The molecule has 0 bridgehead atoms. The number of aromatic amines is 1. The van der Waals surface area contributed by atoms with E-state index in [0.29, 0.717) is 5.56 Å². The minimum absolute atomic E-state index is 0.0114. The number of nitrogens with one attached hydrogen (secondary N) is 2. The highest BCUT2D eigenvalue weighted by Crippen LogP contribution is 2.29. The first kappa shape index (κ1) is 22.0. The highest BCUT2D eigenvalue weighted by Gasteiger charge is 2.25. The third-order valence-electron chi connectivity index (χ3n) is 7.56. The van der Waals surface area contributed by atoms with Crippen LogP contribution in [0.15, 0.2) is 42.7 Å². The molecule has 1 amide bonds. The SMILES string of the molecule is COc1cccc2c1CCN(CCC1CCC(NC(=O)c3c[nH]c4ncccc34)CC1)CC2. The van der Waals surface area contributed by atoms with Gasteiger partial charge in [0.1, 0.15) is 11.4 Å². The van der Waals surface area contributed by atoms with Crippen LogP contribution in [0.2, 0.25) is 0 Å². The summed E-state index contributed by atoms with van der Waals surface area (Å²) in [4.78, 5) is 22.8. The van der Waals surface area contributed by atoms with Gasteiger partial charge in [0.25, 0.3) is 5.91 Å². The molecule has 2 aromatic heterocycles. The van der Waals surface area contributed by atoms with E-state index in [1.807, 2.05) is 12.1 Å². The quantitative estimate of drug-likeness (QED) is 0.591. The largest absolute Gasteiger partial charge is 0.496 e. The van der Waals surface area contributed by atoms with Gasteiger partial charge in [0.15, 0.2) is 0 Å². The number of methoxy groups -OCH3 is 1. The molecule has 1 aliphatic heterocycles. The number of H-pyrrole nitrogens is 1. The monoisotopic (exact) mass is 446 g/mol. The minimum atomic E-state index is 0.0114. The molecule has 3 heterocycles. The summed E-state index contributed by atoms with van der Waals surface area (Å²) in [5.74, 6) is 1.81. The molecule has 33 heavy (non-hydrogen) atoms. The predicted octanol–water partition coefficient (Wildman–Crippen LogP) is 4.35. The first-order chi connectivity index (χ1) is 16.2. The van der Waals surface area contributed by atoms with Crippen molar-refractivity contribution in [1.82, 2.24) is 20.2 Å². The zero-order chi connectivity index (χ0) is 22.6. The molecule has 5 rings (SSSR count). The number of aromatic nitrogens is 2. The lowest BCUT2D eigenvalue weighted by Crippen LogP contribution is -2.38. The molecule has 1 fully saturated rings. The van der Waals surface area contributed by atoms with Crippen molar-refractivity contribution in [3.63, 3.8) is 0 Å². The van der Waals surface area contributed by atoms with Crippen LogP contribution in [-0.4, -0.2) is 53.6 Å². The fourth-order valence-corrected chi connectivity index (χ4v) is 5.57. The van der Waals surface area contributed by atoms with Crippen molar-refractivity contribution in [2.24, 2.45) is 5.92 Å². The predicted molar refractivity (Wildman–Crippen MR) is 131 cm³/mol. The normalized spacial score (nSPS) is 21.4. The van der Waals surface area contributed by atoms with Gasteiger partial charge in [-0.3, -0.25) is 4.79 Å². The van der Waals surface area contributed by atoms with E-state index in [-0.39, 0.29) is 11.9 Å². The van der Waals surface area contributed by atoms with E-state index < -0.39 is 0 Å². The van der Waals surface area contributed by atoms with Crippen molar-refractivity contribution in [3.05, 3.63) is 59.4 Å². The molecule has 3 aromatic rings. The number of rotatable bonds is 6. The summed E-state index contributed by atoms with van der Waals surface area (Å²) in [5.41, 5.74) is 4.30. The van der Waals surface area contributed by atoms with Gasteiger partial charge in [-0.15, -0.1) is 0 Å². The second kappa shape index (κ2) is 9.96. The summed E-state index contributed by atoms with van der Waals surface area (Å²) in [6.45, 7) is 3.41. The topological polar surface area (TPSA) is 70.2 Å². The average molecular weight is 447 g/mol. The highest BCUT2D eigenvalue weighted by atomic mass is 16.5. The Labute approximate surface area is 195 Å². The van der Waals surface area contributed by atoms with Gasteiger partial charge in [-0.1, -0.05) is 12.1 Å². The number of carbonyl (C=O) groups is 1. The summed E-state index contributed by atoms with van der Waals surface area (Å²) in [5, 5.41) is 4.15. The lowest BCUT2D eigenvalue weighted by atomic mass is 9.84. The van der Waals surface area contributed by atoms with Crippen molar-refractivity contribution in [2.45, 2.75) is 51.0 Å². The number of benzene rings is 1. The van der Waals surface area contributed by atoms with Gasteiger partial charge in [-0.05, 0) is 86.7 Å². The highest BCUT2D eigenvalue weighted by molar-refractivity contribution is 6.05. The maximum atomic E-state index is 12.8. The van der Waals surface area contributed by atoms with Gasteiger partial charge in [-0.2, -0.15) is 0 Å². The molecule has 0 unspecified atom stereocenters. The van der Waals surface area contributed by atoms with Crippen LogP contribution >= 0.6 is 0 Å². The standard InChI is InChI=1S/C27H34N4O2/c1-33-25-6-2-4-20-12-16-31(17-13-22(20)25)15-11-19-7-9-21(10-8-19)30-27(32)24-18-29-26-23(24)5-3-14-28-26/h2-6,14,18-19,21H,7-13,15-17H2,1H3,(H,28,29)(H,30,32). The molecular weight excluding hydrogens is 412 g/mol. The summed E-state index contributed by atoms with van der Waals surface area (Å²) >= 11 is 0. The Kier molecular flexibility index (Phi) is 6.63. The third-order valence-corrected chi connectivity index (χ3v) is 7.56. The molecule has 0 radical (unpaired) electrons. The van der Waals surface area contributed by atoms with E-state index in [1.54, 1.807) is 19.5 Å². The maximum Gasteiger partial charge on any atom is 0.253 e. The molecule has 1 saturated carbocycles. The van der Waals surface area contributed by atoms with Gasteiger partial charge in [0.05, 0.1) is 12.7 Å². The van der Waals surface area contributed by atoms with Gasteiger partial charge >= 0.3 is 0 Å². The summed E-state index contributed by atoms with van der Waals surface area (Å²) in [7, 11) is 1.77. The van der Waals surface area contributed by atoms with Crippen molar-refractivity contribution in [1.29, 1.82) is 0 Å². The lowest BCUT2D eigenvalue weighted by Gasteiger charge is -2.30. The second-order valence-electron chi connectivity index (χ2n) is 9.52. The number of fused-ring (bicyclic) bond motifs is 2. The number of pyridine rings is 1. The van der Waals surface area contributed by atoms with Crippen LogP contribution in [0.25, 0.3) is 11.0 Å². The molecule has 6 heteroatoms. The number of hydrogen-bond donors (Lipinski definition) is 2. The van der Waals surface area contributed by atoms with E-state index >= 15 is 0 Å². The summed E-state index contributed by atoms with van der Waals surface area (Å²) in [6, 6.07) is 10.5. The molecule has 2 aliphatic rings. The number of amides is 1. The number of carbonyl (C=O) groups excluding carboxylic acids is 1. The molecule has 0 spiro atoms. The number of nitrogens with zero attached hydrogens (tertiary/aromatic N) is 2. The van der Waals surface area contributed by atoms with Crippen LogP contribution in [0.4, 0.5) is 0 Å². The van der Waals surface area contributed by atoms with E-state index in [0.717, 1.165) is 61.5 Å². The van der Waals surface area contributed by atoms with E-state index in [2.05, 4.69) is 38.4 Å². The van der Waals surface area contributed by atoms with Crippen molar-refractivity contribution >= 4 is 16.9 Å². The van der Waals surface area contributed by atoms with Gasteiger partial charge in [-0.25, -0.2) is 4.98 Å². The van der Waals surface area contributed by atoms with Gasteiger partial charge in [0.2, 0.25) is 0 Å². The first-order valence-electron chi connectivity index (χ1n) is 12.3. The van der Waals surface area contributed by atoms with Crippen LogP contribution in [0, 0.1) is 5.92 Å². The molecule has 6 nitrogen and oxygen atoms in total. The smallest absolute Gasteiger partial charge is 0.253 e. The molecule has 1 aliphatic carbocycles. The zero-order valence-electron chi connectivity index (χ0n) is 19.5. The van der Waals surface area contributed by atoms with Crippen molar-refractivity contribution in [3.8, 4) is 5.75 Å². The van der Waals surface area contributed by atoms with E-state index in [9.17, 15) is 4.79 Å². The molecule has 0 saturated heterocycles.